The largest absolute Gasteiger partial charge is 0.507 e. The maximum atomic E-state index is 12.3. The summed E-state index contributed by atoms with van der Waals surface area (Å²) in [6.45, 7) is 1.31. The Morgan fingerprint density at radius 2 is 1.89 bits per heavy atom. The van der Waals surface area contributed by atoms with Crippen molar-refractivity contribution in [1.82, 2.24) is 4.98 Å². The van der Waals surface area contributed by atoms with Crippen molar-refractivity contribution >= 4 is 5.78 Å². The summed E-state index contributed by atoms with van der Waals surface area (Å²) in [6, 6.07) is 9.25. The van der Waals surface area contributed by atoms with E-state index in [2.05, 4.69) is 4.98 Å². The van der Waals surface area contributed by atoms with Gasteiger partial charge >= 0.3 is 0 Å². The van der Waals surface area contributed by atoms with Gasteiger partial charge in [0.15, 0.2) is 5.78 Å². The van der Waals surface area contributed by atoms with Gasteiger partial charge in [0.05, 0.1) is 18.1 Å². The van der Waals surface area contributed by atoms with Gasteiger partial charge in [-0.15, -0.1) is 0 Å². The number of hydrogen-bond donors (Lipinski definition) is 4. The van der Waals surface area contributed by atoms with Crippen LogP contribution in [0.1, 0.15) is 23.0 Å². The highest BCUT2D eigenvalue weighted by molar-refractivity contribution is 5.99. The van der Waals surface area contributed by atoms with Crippen LogP contribution in [0.2, 0.25) is 0 Å². The van der Waals surface area contributed by atoms with Crippen LogP contribution in [-0.4, -0.2) is 62.9 Å². The van der Waals surface area contributed by atoms with Crippen LogP contribution in [0.4, 0.5) is 0 Å². The van der Waals surface area contributed by atoms with E-state index in [1.54, 1.807) is 24.4 Å². The molecular formula is C19H23NO7. The second kappa shape index (κ2) is 9.43. The van der Waals surface area contributed by atoms with Crippen molar-refractivity contribution in [3.63, 3.8) is 0 Å². The molecule has 4 atom stereocenters. The molecule has 2 aromatic rings. The standard InChI is InChI=1S/C19H23NO7/c1-11(21)17(24)18(25)19(26-2)27-13-6-7-14(16(23)10-13)15(22)9-12-5-3-4-8-20-12/h3-8,10-11,17-19,21,23-25H,9H2,1-2H3/t11-,17+,18-,19-/m0/s1. The van der Waals surface area contributed by atoms with Gasteiger partial charge in [-0.25, -0.2) is 0 Å². The van der Waals surface area contributed by atoms with Crippen LogP contribution in [0.3, 0.4) is 0 Å². The van der Waals surface area contributed by atoms with Crippen molar-refractivity contribution in [3.8, 4) is 11.5 Å². The molecule has 0 aliphatic rings. The highest BCUT2D eigenvalue weighted by Gasteiger charge is 2.31. The molecule has 0 saturated carbocycles. The van der Waals surface area contributed by atoms with Crippen LogP contribution in [0.15, 0.2) is 42.6 Å². The molecule has 0 fully saturated rings. The van der Waals surface area contributed by atoms with Gasteiger partial charge in [0, 0.05) is 25.1 Å². The number of methoxy groups -OCH3 is 1. The number of phenols is 1. The van der Waals surface area contributed by atoms with E-state index in [0.29, 0.717) is 5.69 Å². The van der Waals surface area contributed by atoms with Gasteiger partial charge in [-0.05, 0) is 31.2 Å². The molecule has 0 spiro atoms. The summed E-state index contributed by atoms with van der Waals surface area (Å²) >= 11 is 0. The predicted molar refractivity (Wildman–Crippen MR) is 95.5 cm³/mol. The van der Waals surface area contributed by atoms with E-state index in [1.165, 1.54) is 32.2 Å². The number of ether oxygens (including phenoxy) is 2. The summed E-state index contributed by atoms with van der Waals surface area (Å²) in [4.78, 5) is 16.4. The number of pyridine rings is 1. The molecule has 8 nitrogen and oxygen atoms in total. The third kappa shape index (κ3) is 5.48. The molecule has 146 valence electrons. The second-order valence-electron chi connectivity index (χ2n) is 6.04. The van der Waals surface area contributed by atoms with E-state index in [9.17, 15) is 25.2 Å². The summed E-state index contributed by atoms with van der Waals surface area (Å²) < 4.78 is 10.4. The van der Waals surface area contributed by atoms with Crippen LogP contribution < -0.4 is 4.74 Å². The summed E-state index contributed by atoms with van der Waals surface area (Å²) in [5.41, 5.74) is 0.684. The average Bonchev–Trinajstić information content (AvgIpc) is 2.65. The fourth-order valence-corrected chi connectivity index (χ4v) is 2.42. The number of aliphatic hydroxyl groups is 3. The van der Waals surface area contributed by atoms with E-state index < -0.39 is 24.6 Å². The van der Waals surface area contributed by atoms with Crippen molar-refractivity contribution in [3.05, 3.63) is 53.9 Å². The lowest BCUT2D eigenvalue weighted by Crippen LogP contribution is -2.46. The van der Waals surface area contributed by atoms with Crippen LogP contribution in [0, 0.1) is 0 Å². The number of aromatic hydroxyl groups is 1. The molecule has 0 bridgehead atoms. The zero-order valence-electron chi connectivity index (χ0n) is 15.0. The summed E-state index contributed by atoms with van der Waals surface area (Å²) in [5, 5.41) is 39.2. The highest BCUT2D eigenvalue weighted by atomic mass is 16.7. The van der Waals surface area contributed by atoms with E-state index in [4.69, 9.17) is 9.47 Å². The van der Waals surface area contributed by atoms with Gasteiger partial charge in [-0.1, -0.05) is 6.07 Å². The maximum absolute atomic E-state index is 12.3. The number of benzene rings is 1. The molecule has 1 aromatic heterocycles. The fraction of sp³-hybridized carbons (Fsp3) is 0.368. The molecule has 0 amide bonds. The summed E-state index contributed by atoms with van der Waals surface area (Å²) in [5.74, 6) is -0.495. The minimum absolute atomic E-state index is 0.0363. The SMILES string of the molecule is CO[C@@H](Oc1ccc(C(=O)Cc2ccccn2)c(O)c1)[C@@H](O)[C@H](O)[C@H](C)O. The third-order valence-corrected chi connectivity index (χ3v) is 3.94. The lowest BCUT2D eigenvalue weighted by atomic mass is 10.0. The fourth-order valence-electron chi connectivity index (χ4n) is 2.42. The normalized spacial score (nSPS) is 15.6. The molecule has 8 heteroatoms. The Balaban J connectivity index is 2.10. The number of rotatable bonds is 9. The number of carbonyl (C=O) groups is 1. The van der Waals surface area contributed by atoms with Gasteiger partial charge in [0.25, 0.3) is 0 Å². The summed E-state index contributed by atoms with van der Waals surface area (Å²) in [6.07, 6.45) is -3.87. The first-order chi connectivity index (χ1) is 12.8. The number of nitrogens with zero attached hydrogens (tertiary/aromatic N) is 1. The van der Waals surface area contributed by atoms with Crippen molar-refractivity contribution in [2.75, 3.05) is 7.11 Å². The molecule has 2 rings (SSSR count). The molecule has 0 saturated heterocycles. The molecule has 0 aliphatic heterocycles. The minimum Gasteiger partial charge on any atom is -0.507 e. The Labute approximate surface area is 156 Å². The van der Waals surface area contributed by atoms with Crippen molar-refractivity contribution in [1.29, 1.82) is 0 Å². The summed E-state index contributed by atoms with van der Waals surface area (Å²) in [7, 11) is 1.26. The molecular weight excluding hydrogens is 354 g/mol. The van der Waals surface area contributed by atoms with Gasteiger partial charge in [-0.3, -0.25) is 9.78 Å². The molecule has 0 aliphatic carbocycles. The van der Waals surface area contributed by atoms with Gasteiger partial charge < -0.3 is 29.9 Å². The van der Waals surface area contributed by atoms with Crippen LogP contribution >= 0.6 is 0 Å². The highest BCUT2D eigenvalue weighted by Crippen LogP contribution is 2.26. The quantitative estimate of drug-likeness (QED) is 0.371. The van der Waals surface area contributed by atoms with E-state index in [0.717, 1.165) is 0 Å². The predicted octanol–water partition coefficient (Wildman–Crippen LogP) is 0.666. The van der Waals surface area contributed by atoms with Gasteiger partial charge in [0.1, 0.15) is 23.7 Å². The number of aliphatic hydroxyl groups excluding tert-OH is 3. The molecule has 1 heterocycles. The first-order valence-corrected chi connectivity index (χ1v) is 8.33. The van der Waals surface area contributed by atoms with E-state index in [-0.39, 0.29) is 29.3 Å². The molecule has 1 aromatic carbocycles. The first-order valence-electron chi connectivity index (χ1n) is 8.33. The zero-order valence-corrected chi connectivity index (χ0v) is 15.0. The van der Waals surface area contributed by atoms with Crippen LogP contribution in [0.25, 0.3) is 0 Å². The van der Waals surface area contributed by atoms with Crippen molar-refractivity contribution in [2.24, 2.45) is 0 Å². The number of ketones is 1. The van der Waals surface area contributed by atoms with Crippen LogP contribution in [0.5, 0.6) is 11.5 Å². The van der Waals surface area contributed by atoms with Gasteiger partial charge in [-0.2, -0.15) is 0 Å². The Kier molecular flexibility index (Phi) is 7.26. The second-order valence-corrected chi connectivity index (χ2v) is 6.04. The minimum atomic E-state index is -1.53. The molecule has 0 unspecified atom stereocenters. The van der Waals surface area contributed by atoms with Crippen molar-refractivity contribution in [2.45, 2.75) is 37.9 Å². The number of phenolic OH excluding ortho intramolecular Hbond substituents is 1. The lowest BCUT2D eigenvalue weighted by Gasteiger charge is -2.27. The van der Waals surface area contributed by atoms with Crippen LogP contribution in [-0.2, 0) is 11.2 Å². The number of aromatic nitrogens is 1. The molecule has 0 radical (unpaired) electrons. The molecule has 27 heavy (non-hydrogen) atoms. The third-order valence-electron chi connectivity index (χ3n) is 3.94. The Morgan fingerprint density at radius 3 is 2.44 bits per heavy atom. The van der Waals surface area contributed by atoms with E-state index in [1.807, 2.05) is 0 Å². The molecule has 4 N–H and O–H groups in total. The Bertz CT molecular complexity index is 751. The Morgan fingerprint density at radius 1 is 1.15 bits per heavy atom. The monoisotopic (exact) mass is 377 g/mol. The van der Waals surface area contributed by atoms with E-state index >= 15 is 0 Å². The Hall–Kier alpha value is -2.52. The zero-order chi connectivity index (χ0) is 20.0. The van der Waals surface area contributed by atoms with Crippen molar-refractivity contribution < 1.29 is 34.7 Å². The average molecular weight is 377 g/mol. The number of Topliss-reactive ketones (excluding diaryl/α,β-unsaturated/α-hetero) is 1. The maximum Gasteiger partial charge on any atom is 0.228 e. The first kappa shape index (κ1) is 20.8. The van der Waals surface area contributed by atoms with Gasteiger partial charge in [0.2, 0.25) is 6.29 Å². The topological polar surface area (TPSA) is 129 Å². The smallest absolute Gasteiger partial charge is 0.228 e. The number of hydrogen-bond acceptors (Lipinski definition) is 8. The lowest BCUT2D eigenvalue weighted by molar-refractivity contribution is -0.176. The number of carbonyl (C=O) groups excluding carboxylic acids is 1.